The summed E-state index contributed by atoms with van der Waals surface area (Å²) in [5, 5.41) is 0. The molecule has 24 heavy (non-hydrogen) atoms. The molecule has 0 aliphatic heterocycles. The van der Waals surface area contributed by atoms with Gasteiger partial charge in [0, 0.05) is 5.56 Å². The fourth-order valence-corrected chi connectivity index (χ4v) is 3.07. The standard InChI is InChI=1S/C17H19NO5S/c1-12-13(8-7-9-14(12)18(2,3)4)17(19)23-15-10-5-6-11-16(15)24(20,21)22/h5-11H,1-4H3. The summed E-state index contributed by atoms with van der Waals surface area (Å²) in [7, 11) is 1.17. The van der Waals surface area contributed by atoms with E-state index in [0.717, 1.165) is 17.3 Å². The number of quaternary nitrogens is 1. The SMILES string of the molecule is Cc1c(C(=O)Oc2ccccc2S(=O)(=O)[O-])cccc1[N+](C)(C)C. The molecule has 0 amide bonds. The molecule has 2 rings (SSSR count). The molecule has 0 atom stereocenters. The third-order valence-corrected chi connectivity index (χ3v) is 4.44. The molecule has 0 bridgehead atoms. The zero-order valence-corrected chi connectivity index (χ0v) is 14.8. The first kappa shape index (κ1) is 18.1. The summed E-state index contributed by atoms with van der Waals surface area (Å²) < 4.78 is 39.5. The number of ether oxygens (including phenoxy) is 1. The quantitative estimate of drug-likeness (QED) is 0.366. The van der Waals surface area contributed by atoms with Crippen LogP contribution in [0.4, 0.5) is 5.69 Å². The minimum absolute atomic E-state index is 0.271. The molecule has 0 N–H and O–H groups in total. The summed E-state index contributed by atoms with van der Waals surface area (Å²) in [6, 6.07) is 10.5. The molecule has 0 heterocycles. The topological polar surface area (TPSA) is 83.5 Å². The lowest BCUT2D eigenvalue weighted by Crippen LogP contribution is -2.35. The van der Waals surface area contributed by atoms with Gasteiger partial charge in [-0.05, 0) is 31.2 Å². The first-order valence-corrected chi connectivity index (χ1v) is 8.61. The van der Waals surface area contributed by atoms with Gasteiger partial charge in [0.05, 0.1) is 31.6 Å². The summed E-state index contributed by atoms with van der Waals surface area (Å²) in [4.78, 5) is 11.9. The largest absolute Gasteiger partial charge is 0.744 e. The van der Waals surface area contributed by atoms with E-state index in [1.807, 2.05) is 27.2 Å². The van der Waals surface area contributed by atoms with Gasteiger partial charge in [-0.2, -0.15) is 0 Å². The Balaban J connectivity index is 2.43. The molecular weight excluding hydrogens is 330 g/mol. The molecule has 6 nitrogen and oxygen atoms in total. The van der Waals surface area contributed by atoms with Gasteiger partial charge in [-0.1, -0.05) is 18.2 Å². The maximum absolute atomic E-state index is 12.5. The second kappa shape index (κ2) is 6.35. The van der Waals surface area contributed by atoms with Gasteiger partial charge in [0.15, 0.2) is 0 Å². The van der Waals surface area contributed by atoms with Gasteiger partial charge in [-0.3, -0.25) is 4.48 Å². The van der Waals surface area contributed by atoms with Crippen molar-refractivity contribution in [3.05, 3.63) is 53.6 Å². The molecule has 0 aliphatic carbocycles. The highest BCUT2D eigenvalue weighted by Crippen LogP contribution is 2.28. The zero-order valence-electron chi connectivity index (χ0n) is 13.9. The highest BCUT2D eigenvalue weighted by atomic mass is 32.2. The van der Waals surface area contributed by atoms with Crippen LogP contribution >= 0.6 is 0 Å². The number of para-hydroxylation sites is 1. The van der Waals surface area contributed by atoms with Crippen LogP contribution in [0.15, 0.2) is 47.4 Å². The fourth-order valence-electron chi connectivity index (χ4n) is 2.47. The molecule has 0 saturated heterocycles. The van der Waals surface area contributed by atoms with E-state index in [1.165, 1.54) is 18.2 Å². The van der Waals surface area contributed by atoms with Gasteiger partial charge in [0.1, 0.15) is 21.6 Å². The van der Waals surface area contributed by atoms with Crippen LogP contribution in [0.3, 0.4) is 0 Å². The van der Waals surface area contributed by atoms with Crippen LogP contribution in [0.1, 0.15) is 15.9 Å². The maximum Gasteiger partial charge on any atom is 0.344 e. The van der Waals surface area contributed by atoms with Crippen molar-refractivity contribution in [3.8, 4) is 5.75 Å². The number of esters is 1. The van der Waals surface area contributed by atoms with Gasteiger partial charge in [0.2, 0.25) is 0 Å². The summed E-state index contributed by atoms with van der Waals surface area (Å²) >= 11 is 0. The molecule has 0 aromatic heterocycles. The second-order valence-electron chi connectivity index (χ2n) is 6.25. The Morgan fingerprint density at radius 2 is 1.67 bits per heavy atom. The minimum atomic E-state index is -4.73. The van der Waals surface area contributed by atoms with Crippen molar-refractivity contribution in [2.24, 2.45) is 0 Å². The zero-order chi connectivity index (χ0) is 18.1. The smallest absolute Gasteiger partial charge is 0.344 e. The molecule has 0 fully saturated rings. The van der Waals surface area contributed by atoms with E-state index in [0.29, 0.717) is 10.0 Å². The highest BCUT2D eigenvalue weighted by molar-refractivity contribution is 7.85. The van der Waals surface area contributed by atoms with Gasteiger partial charge in [0.25, 0.3) is 0 Å². The van der Waals surface area contributed by atoms with Crippen LogP contribution in [0.5, 0.6) is 5.75 Å². The van der Waals surface area contributed by atoms with Crippen molar-refractivity contribution in [1.29, 1.82) is 0 Å². The Kier molecular flexibility index (Phi) is 4.80. The van der Waals surface area contributed by atoms with Gasteiger partial charge in [-0.15, -0.1) is 0 Å². The van der Waals surface area contributed by atoms with Crippen LogP contribution < -0.4 is 9.22 Å². The van der Waals surface area contributed by atoms with Crippen molar-refractivity contribution in [2.45, 2.75) is 11.8 Å². The Morgan fingerprint density at radius 1 is 1.04 bits per heavy atom. The third-order valence-electron chi connectivity index (χ3n) is 3.57. The molecule has 2 aromatic carbocycles. The molecule has 7 heteroatoms. The van der Waals surface area contributed by atoms with Crippen molar-refractivity contribution in [2.75, 3.05) is 21.1 Å². The summed E-state index contributed by atoms with van der Waals surface area (Å²) in [5.41, 5.74) is 1.98. The van der Waals surface area contributed by atoms with E-state index in [1.54, 1.807) is 19.1 Å². The molecule has 0 aliphatic rings. The number of rotatable bonds is 4. The predicted molar refractivity (Wildman–Crippen MR) is 90.1 cm³/mol. The molecule has 0 radical (unpaired) electrons. The van der Waals surface area contributed by atoms with E-state index < -0.39 is 21.0 Å². The predicted octanol–water partition coefficient (Wildman–Crippen LogP) is 2.32. The molecule has 2 aromatic rings. The summed E-state index contributed by atoms with van der Waals surface area (Å²) in [5.74, 6) is -0.980. The van der Waals surface area contributed by atoms with Gasteiger partial charge >= 0.3 is 5.97 Å². The van der Waals surface area contributed by atoms with E-state index in [-0.39, 0.29) is 5.75 Å². The normalized spacial score (nSPS) is 12.0. The van der Waals surface area contributed by atoms with Crippen molar-refractivity contribution >= 4 is 21.8 Å². The van der Waals surface area contributed by atoms with Gasteiger partial charge in [-0.25, -0.2) is 13.2 Å². The first-order chi connectivity index (χ1) is 11.0. The van der Waals surface area contributed by atoms with E-state index >= 15 is 0 Å². The lowest BCUT2D eigenvalue weighted by molar-refractivity contribution is 0.0729. The van der Waals surface area contributed by atoms with Crippen LogP contribution in [0, 0.1) is 6.92 Å². The van der Waals surface area contributed by atoms with Crippen LogP contribution in [0.2, 0.25) is 0 Å². The number of carbonyl (C=O) groups is 1. The molecule has 0 spiro atoms. The van der Waals surface area contributed by atoms with E-state index in [2.05, 4.69) is 0 Å². The first-order valence-electron chi connectivity index (χ1n) is 7.20. The van der Waals surface area contributed by atoms with Crippen molar-refractivity contribution in [3.63, 3.8) is 0 Å². The number of carbonyl (C=O) groups excluding carboxylic acids is 1. The van der Waals surface area contributed by atoms with Crippen LogP contribution in [-0.2, 0) is 10.1 Å². The second-order valence-corrected chi connectivity index (χ2v) is 7.60. The van der Waals surface area contributed by atoms with E-state index in [9.17, 15) is 17.8 Å². The number of hydrogen-bond donors (Lipinski definition) is 0. The molecular formula is C17H19NO5S. The highest BCUT2D eigenvalue weighted by Gasteiger charge is 2.22. The van der Waals surface area contributed by atoms with E-state index in [4.69, 9.17) is 4.74 Å². The number of hydrogen-bond acceptors (Lipinski definition) is 5. The van der Waals surface area contributed by atoms with Crippen molar-refractivity contribution < 1.29 is 22.5 Å². The minimum Gasteiger partial charge on any atom is -0.744 e. The Labute approximate surface area is 141 Å². The Morgan fingerprint density at radius 3 is 2.25 bits per heavy atom. The molecule has 128 valence electrons. The monoisotopic (exact) mass is 349 g/mol. The summed E-state index contributed by atoms with van der Waals surface area (Å²) in [6.07, 6.45) is 0. The van der Waals surface area contributed by atoms with Gasteiger partial charge < -0.3 is 9.29 Å². The molecule has 0 saturated carbocycles. The average molecular weight is 349 g/mol. The lowest BCUT2D eigenvalue weighted by atomic mass is 10.1. The fraction of sp³-hybridized carbons (Fsp3) is 0.235. The lowest BCUT2D eigenvalue weighted by Gasteiger charge is -2.26. The maximum atomic E-state index is 12.5. The van der Waals surface area contributed by atoms with Crippen LogP contribution in [-0.4, -0.2) is 40.1 Å². The third kappa shape index (κ3) is 3.81. The summed E-state index contributed by atoms with van der Waals surface area (Å²) in [6.45, 7) is 1.80. The van der Waals surface area contributed by atoms with Crippen LogP contribution in [0.25, 0.3) is 0 Å². The number of benzene rings is 2. The molecule has 0 unspecified atom stereocenters. The average Bonchev–Trinajstić information content (AvgIpc) is 2.45. The Bertz CT molecular complexity index is 882. The number of nitrogens with zero attached hydrogens (tertiary/aromatic N) is 1. The van der Waals surface area contributed by atoms with Crippen molar-refractivity contribution in [1.82, 2.24) is 4.48 Å². The Hall–Kier alpha value is -2.22.